The van der Waals surface area contributed by atoms with E-state index in [1.165, 1.54) is 12.8 Å². The van der Waals surface area contributed by atoms with Crippen molar-refractivity contribution in [3.05, 3.63) is 65.2 Å². The third-order valence-corrected chi connectivity index (χ3v) is 8.76. The largest absolute Gasteiger partial charge is 0.493 e. The average molecular weight is 532 g/mol. The second kappa shape index (κ2) is 11.8. The number of rotatable bonds is 9. The van der Waals surface area contributed by atoms with Gasteiger partial charge >= 0.3 is 0 Å². The molecule has 0 spiro atoms. The quantitative estimate of drug-likeness (QED) is 0.433. The number of nitrogens with one attached hydrogen (secondary N) is 3. The van der Waals surface area contributed by atoms with Gasteiger partial charge in [-0.05, 0) is 69.0 Å². The molecule has 3 aliphatic heterocycles. The number of carbonyl (C=O) groups is 2. The molecule has 5 rings (SSSR count). The summed E-state index contributed by atoms with van der Waals surface area (Å²) in [5.41, 5.74) is 2.06. The molecule has 3 N–H and O–H groups in total. The number of amides is 2. The molecule has 2 aromatic rings. The van der Waals surface area contributed by atoms with E-state index in [0.29, 0.717) is 31.4 Å². The van der Waals surface area contributed by atoms with E-state index in [-0.39, 0.29) is 35.4 Å². The summed E-state index contributed by atoms with van der Waals surface area (Å²) in [6.07, 6.45) is 5.76. The maximum atomic E-state index is 13.6. The lowest BCUT2D eigenvalue weighted by Crippen LogP contribution is -2.62. The van der Waals surface area contributed by atoms with E-state index in [1.54, 1.807) is 4.90 Å². The van der Waals surface area contributed by atoms with E-state index in [9.17, 15) is 9.59 Å². The summed E-state index contributed by atoms with van der Waals surface area (Å²) in [7, 11) is 0. The molecule has 0 bridgehead atoms. The summed E-state index contributed by atoms with van der Waals surface area (Å²) >= 11 is 0. The number of hydrogen-bond donors (Lipinski definition) is 3. The summed E-state index contributed by atoms with van der Waals surface area (Å²) < 4.78 is 5.76. The second-order valence-electron chi connectivity index (χ2n) is 11.1. The zero-order valence-corrected chi connectivity index (χ0v) is 23.2. The smallest absolute Gasteiger partial charge is 0.251 e. The number of likely N-dealkylation sites (tertiary alicyclic amines) is 1. The summed E-state index contributed by atoms with van der Waals surface area (Å²) in [6, 6.07) is 15.0. The van der Waals surface area contributed by atoms with E-state index in [1.807, 2.05) is 48.5 Å². The van der Waals surface area contributed by atoms with Gasteiger partial charge in [-0.1, -0.05) is 44.2 Å². The van der Waals surface area contributed by atoms with Gasteiger partial charge < -0.3 is 20.3 Å². The molecule has 0 radical (unpaired) electrons. The third-order valence-electron chi connectivity index (χ3n) is 8.76. The molecule has 0 aromatic heterocycles. The van der Waals surface area contributed by atoms with Crippen molar-refractivity contribution in [2.24, 2.45) is 0 Å². The molecule has 8 heteroatoms. The van der Waals surface area contributed by atoms with Crippen LogP contribution in [0.2, 0.25) is 0 Å². The van der Waals surface area contributed by atoms with Crippen LogP contribution in [0.3, 0.4) is 0 Å². The van der Waals surface area contributed by atoms with Crippen LogP contribution in [0.15, 0.2) is 48.5 Å². The Hall–Kier alpha value is -3.39. The van der Waals surface area contributed by atoms with Crippen LogP contribution in [0.25, 0.3) is 0 Å². The molecule has 2 aromatic carbocycles. The van der Waals surface area contributed by atoms with Crippen LogP contribution in [0.4, 0.5) is 0 Å². The SMILES string of the molecule is CCC1(CC)CC(=O)N(C(CCN2CCCC2)c2cccc(C(=O)N[C@H]3CCOc4ccccc43)c2)C(=N)N1. The lowest BCUT2D eigenvalue weighted by molar-refractivity contribution is -0.133. The normalized spacial score (nSPS) is 21.6. The summed E-state index contributed by atoms with van der Waals surface area (Å²) in [6.45, 7) is 7.68. The Kier molecular flexibility index (Phi) is 8.21. The zero-order chi connectivity index (χ0) is 27.4. The first-order chi connectivity index (χ1) is 18.9. The molecule has 2 fully saturated rings. The molecular formula is C31H41N5O3. The highest BCUT2D eigenvalue weighted by atomic mass is 16.5. The molecule has 0 saturated carbocycles. The van der Waals surface area contributed by atoms with Gasteiger partial charge in [0.15, 0.2) is 5.96 Å². The molecule has 2 atom stereocenters. The summed E-state index contributed by atoms with van der Waals surface area (Å²) in [5, 5.41) is 15.4. The summed E-state index contributed by atoms with van der Waals surface area (Å²) in [5.74, 6) is 0.804. The molecule has 0 aliphatic carbocycles. The Balaban J connectivity index is 1.39. The Morgan fingerprint density at radius 1 is 1.15 bits per heavy atom. The summed E-state index contributed by atoms with van der Waals surface area (Å²) in [4.78, 5) is 31.1. The van der Waals surface area contributed by atoms with Gasteiger partial charge in [0, 0.05) is 29.6 Å². The van der Waals surface area contributed by atoms with Crippen LogP contribution in [0.5, 0.6) is 5.75 Å². The van der Waals surface area contributed by atoms with Gasteiger partial charge in [-0.25, -0.2) is 0 Å². The molecule has 3 heterocycles. The molecule has 2 amide bonds. The fourth-order valence-corrected chi connectivity index (χ4v) is 6.24. The minimum Gasteiger partial charge on any atom is -0.493 e. The number of para-hydroxylation sites is 1. The molecule has 1 unspecified atom stereocenters. The van der Waals surface area contributed by atoms with Crippen molar-refractivity contribution in [3.63, 3.8) is 0 Å². The van der Waals surface area contributed by atoms with Gasteiger partial charge in [-0.3, -0.25) is 19.9 Å². The number of carbonyl (C=O) groups excluding carboxylic acids is 2. The van der Waals surface area contributed by atoms with Crippen LogP contribution in [-0.4, -0.2) is 59.4 Å². The number of ether oxygens (including phenoxy) is 1. The van der Waals surface area contributed by atoms with Crippen molar-refractivity contribution in [2.45, 2.75) is 76.4 Å². The number of fused-ring (bicyclic) bond motifs is 1. The fourth-order valence-electron chi connectivity index (χ4n) is 6.24. The molecule has 2 saturated heterocycles. The third kappa shape index (κ3) is 5.81. The average Bonchev–Trinajstić information content (AvgIpc) is 3.48. The minimum absolute atomic E-state index is 0.0254. The molecule has 39 heavy (non-hydrogen) atoms. The van der Waals surface area contributed by atoms with Crippen molar-refractivity contribution in [1.82, 2.24) is 20.4 Å². The van der Waals surface area contributed by atoms with Crippen LogP contribution in [0.1, 0.15) is 92.4 Å². The van der Waals surface area contributed by atoms with Crippen LogP contribution < -0.4 is 15.4 Å². The van der Waals surface area contributed by atoms with Crippen molar-refractivity contribution in [3.8, 4) is 5.75 Å². The van der Waals surface area contributed by atoms with Crippen LogP contribution in [0, 0.1) is 5.41 Å². The fraction of sp³-hybridized carbons (Fsp3) is 0.516. The Morgan fingerprint density at radius 2 is 1.92 bits per heavy atom. The standard InChI is InChI=1S/C31H41N5O3/c1-3-31(4-2)21-28(37)36(30(32)34-31)26(14-18-35-16-7-8-17-35)22-10-9-11-23(20-22)29(38)33-25-15-19-39-27-13-6-5-12-24(25)27/h5-6,9-13,20,25-26H,3-4,7-8,14-19,21H2,1-2H3,(H2,32,34)(H,33,38)/t25-,26?/m0/s1. The Labute approximate surface area is 231 Å². The van der Waals surface area contributed by atoms with E-state index >= 15 is 0 Å². The van der Waals surface area contributed by atoms with Crippen molar-refractivity contribution >= 4 is 17.8 Å². The van der Waals surface area contributed by atoms with Crippen LogP contribution in [-0.2, 0) is 4.79 Å². The predicted octanol–water partition coefficient (Wildman–Crippen LogP) is 4.78. The van der Waals surface area contributed by atoms with E-state index in [4.69, 9.17) is 10.1 Å². The highest BCUT2D eigenvalue weighted by molar-refractivity contribution is 6.00. The predicted molar refractivity (Wildman–Crippen MR) is 152 cm³/mol. The molecule has 208 valence electrons. The number of nitrogens with zero attached hydrogens (tertiary/aromatic N) is 2. The van der Waals surface area contributed by atoms with Crippen LogP contribution >= 0.6 is 0 Å². The van der Waals surface area contributed by atoms with E-state index < -0.39 is 0 Å². The Morgan fingerprint density at radius 3 is 2.67 bits per heavy atom. The number of guanidine groups is 1. The Bertz CT molecular complexity index is 1180. The highest BCUT2D eigenvalue weighted by Crippen LogP contribution is 2.34. The maximum absolute atomic E-state index is 13.6. The number of benzene rings is 2. The monoisotopic (exact) mass is 531 g/mol. The first kappa shape index (κ1) is 27.2. The van der Waals surface area contributed by atoms with Crippen molar-refractivity contribution in [2.75, 3.05) is 26.2 Å². The first-order valence-electron chi connectivity index (χ1n) is 14.5. The second-order valence-corrected chi connectivity index (χ2v) is 11.1. The maximum Gasteiger partial charge on any atom is 0.251 e. The van der Waals surface area contributed by atoms with Gasteiger partial charge in [-0.15, -0.1) is 0 Å². The minimum atomic E-state index is -0.369. The van der Waals surface area contributed by atoms with Crippen molar-refractivity contribution < 1.29 is 14.3 Å². The lowest BCUT2D eigenvalue weighted by Gasteiger charge is -2.45. The van der Waals surface area contributed by atoms with Gasteiger partial charge in [0.25, 0.3) is 5.91 Å². The molecule has 3 aliphatic rings. The van der Waals surface area contributed by atoms with Gasteiger partial charge in [-0.2, -0.15) is 0 Å². The van der Waals surface area contributed by atoms with E-state index in [0.717, 1.165) is 49.4 Å². The molecule has 8 nitrogen and oxygen atoms in total. The molecular weight excluding hydrogens is 490 g/mol. The van der Waals surface area contributed by atoms with Gasteiger partial charge in [0.2, 0.25) is 5.91 Å². The van der Waals surface area contributed by atoms with Gasteiger partial charge in [0.05, 0.1) is 25.1 Å². The van der Waals surface area contributed by atoms with Gasteiger partial charge in [0.1, 0.15) is 5.75 Å². The topological polar surface area (TPSA) is 97.8 Å². The highest BCUT2D eigenvalue weighted by Gasteiger charge is 2.42. The zero-order valence-electron chi connectivity index (χ0n) is 23.2. The van der Waals surface area contributed by atoms with E-state index in [2.05, 4.69) is 29.4 Å². The number of hydrogen-bond acceptors (Lipinski definition) is 5. The van der Waals surface area contributed by atoms with Crippen molar-refractivity contribution in [1.29, 1.82) is 5.41 Å². The lowest BCUT2D eigenvalue weighted by atomic mass is 9.86. The first-order valence-corrected chi connectivity index (χ1v) is 14.5.